The van der Waals surface area contributed by atoms with Crippen molar-refractivity contribution in [2.45, 2.75) is 37.6 Å². The second-order valence-electron chi connectivity index (χ2n) is 11.0. The minimum absolute atomic E-state index is 0.0528. The van der Waals surface area contributed by atoms with Gasteiger partial charge in [0, 0.05) is 30.9 Å². The number of carbonyl (C=O) groups excluding carboxylic acids is 2. The second kappa shape index (κ2) is 8.20. The number of nitrogens with zero attached hydrogens (tertiary/aromatic N) is 3. The van der Waals surface area contributed by atoms with Crippen LogP contribution in [0.5, 0.6) is 0 Å². The maximum Gasteiger partial charge on any atom is 0.256 e. The van der Waals surface area contributed by atoms with E-state index < -0.39 is 11.4 Å². The summed E-state index contributed by atoms with van der Waals surface area (Å²) in [5, 5.41) is 1.28. The van der Waals surface area contributed by atoms with Gasteiger partial charge in [-0.25, -0.2) is 8.78 Å². The van der Waals surface area contributed by atoms with Crippen molar-refractivity contribution in [1.82, 2.24) is 9.80 Å². The van der Waals surface area contributed by atoms with E-state index in [1.165, 1.54) is 12.1 Å². The summed E-state index contributed by atoms with van der Waals surface area (Å²) in [6, 6.07) is 15.3. The monoisotopic (exact) mass is 499 g/mol. The molecule has 2 saturated carbocycles. The number of likely N-dealkylation sites (tertiary alicyclic amines) is 1. The molecule has 7 heteroatoms. The first-order valence-electron chi connectivity index (χ1n) is 13.1. The molecule has 2 amide bonds. The summed E-state index contributed by atoms with van der Waals surface area (Å²) in [4.78, 5) is 34.1. The van der Waals surface area contributed by atoms with Gasteiger partial charge in [-0.1, -0.05) is 30.3 Å². The van der Waals surface area contributed by atoms with Crippen molar-refractivity contribution in [2.75, 3.05) is 19.6 Å². The zero-order valence-corrected chi connectivity index (χ0v) is 20.4. The van der Waals surface area contributed by atoms with Gasteiger partial charge in [0.1, 0.15) is 23.0 Å². The van der Waals surface area contributed by atoms with Gasteiger partial charge in [-0.2, -0.15) is 0 Å². The number of aliphatic imine (C=N–C) groups is 1. The van der Waals surface area contributed by atoms with Gasteiger partial charge in [0.25, 0.3) is 5.91 Å². The van der Waals surface area contributed by atoms with Gasteiger partial charge in [-0.05, 0) is 78.8 Å². The molecule has 2 aliphatic carbocycles. The Morgan fingerprint density at radius 2 is 1.76 bits per heavy atom. The lowest BCUT2D eigenvalue weighted by Crippen LogP contribution is -2.41. The smallest absolute Gasteiger partial charge is 0.256 e. The summed E-state index contributed by atoms with van der Waals surface area (Å²) in [6.45, 7) is 1.80. The maximum atomic E-state index is 15.6. The van der Waals surface area contributed by atoms with Crippen LogP contribution in [0, 0.1) is 23.5 Å². The molecule has 3 fully saturated rings. The molecule has 0 aromatic heterocycles. The van der Waals surface area contributed by atoms with Crippen molar-refractivity contribution in [3.05, 3.63) is 71.8 Å². The first-order chi connectivity index (χ1) is 17.9. The Morgan fingerprint density at radius 1 is 0.973 bits per heavy atom. The number of benzene rings is 3. The van der Waals surface area contributed by atoms with Gasteiger partial charge in [0.15, 0.2) is 0 Å². The predicted molar refractivity (Wildman–Crippen MR) is 137 cm³/mol. The molecule has 188 valence electrons. The quantitative estimate of drug-likeness (QED) is 0.487. The van der Waals surface area contributed by atoms with Crippen LogP contribution in [0.15, 0.2) is 59.6 Å². The average molecular weight is 500 g/mol. The van der Waals surface area contributed by atoms with Crippen LogP contribution in [-0.4, -0.2) is 52.6 Å². The fourth-order valence-corrected chi connectivity index (χ4v) is 5.80. The summed E-state index contributed by atoms with van der Waals surface area (Å²) < 4.78 is 29.9. The highest BCUT2D eigenvalue weighted by molar-refractivity contribution is 6.16. The van der Waals surface area contributed by atoms with Crippen molar-refractivity contribution in [2.24, 2.45) is 16.8 Å². The maximum absolute atomic E-state index is 15.6. The Labute approximate surface area is 213 Å². The molecule has 1 unspecified atom stereocenters. The van der Waals surface area contributed by atoms with E-state index in [0.717, 1.165) is 36.8 Å². The van der Waals surface area contributed by atoms with E-state index in [2.05, 4.69) is 0 Å². The summed E-state index contributed by atoms with van der Waals surface area (Å²) >= 11 is 0. The molecule has 3 aromatic rings. The summed E-state index contributed by atoms with van der Waals surface area (Å²) in [5.41, 5.74) is 0.915. The Morgan fingerprint density at radius 3 is 2.51 bits per heavy atom. The van der Waals surface area contributed by atoms with Crippen molar-refractivity contribution < 1.29 is 18.4 Å². The molecule has 2 heterocycles. The number of amides is 2. The molecule has 5 nitrogen and oxygen atoms in total. The van der Waals surface area contributed by atoms with E-state index in [0.29, 0.717) is 48.3 Å². The van der Waals surface area contributed by atoms with Gasteiger partial charge < -0.3 is 4.90 Å². The van der Waals surface area contributed by atoms with Gasteiger partial charge in [-0.3, -0.25) is 19.5 Å². The molecule has 0 N–H and O–H groups in total. The molecular formula is C30H27F2N3O2. The molecule has 2 aliphatic heterocycles. The van der Waals surface area contributed by atoms with Crippen molar-refractivity contribution in [1.29, 1.82) is 0 Å². The molecule has 0 radical (unpaired) electrons. The van der Waals surface area contributed by atoms with E-state index in [1.807, 2.05) is 23.1 Å². The summed E-state index contributed by atoms with van der Waals surface area (Å²) in [5.74, 6) is 0.137. The highest BCUT2D eigenvalue weighted by Gasteiger charge is 2.58. The fraction of sp³-hybridized carbons (Fsp3) is 0.367. The Hall–Kier alpha value is -3.61. The van der Waals surface area contributed by atoms with E-state index in [1.54, 1.807) is 29.2 Å². The van der Waals surface area contributed by atoms with Gasteiger partial charge in [-0.15, -0.1) is 0 Å². The number of hydrogen-bond acceptors (Lipinski definition) is 3. The Kier molecular flexibility index (Phi) is 5.00. The van der Waals surface area contributed by atoms with E-state index in [9.17, 15) is 14.0 Å². The number of rotatable bonds is 5. The predicted octanol–water partition coefficient (Wildman–Crippen LogP) is 5.16. The van der Waals surface area contributed by atoms with Crippen LogP contribution in [0.3, 0.4) is 0 Å². The third-order valence-corrected chi connectivity index (χ3v) is 8.28. The highest BCUT2D eigenvalue weighted by atomic mass is 19.1. The largest absolute Gasteiger partial charge is 0.342 e. The van der Waals surface area contributed by atoms with Gasteiger partial charge in [0.2, 0.25) is 5.91 Å². The van der Waals surface area contributed by atoms with Crippen LogP contribution in [0.2, 0.25) is 0 Å². The van der Waals surface area contributed by atoms with Crippen LogP contribution < -0.4 is 0 Å². The normalized spacial score (nSPS) is 22.3. The van der Waals surface area contributed by atoms with E-state index >= 15 is 4.39 Å². The Bertz CT molecular complexity index is 1490. The minimum Gasteiger partial charge on any atom is -0.342 e. The SMILES string of the molecule is O=C(C1CC1)N1CCC(CN2C(=O)C3(CC3)N=C2c2ccc(-c3ccc4cccc(F)c4c3)cc2F)C1. The topological polar surface area (TPSA) is 53.0 Å². The summed E-state index contributed by atoms with van der Waals surface area (Å²) in [6.07, 6.45) is 4.17. The van der Waals surface area contributed by atoms with Crippen LogP contribution in [-0.2, 0) is 9.59 Å². The fourth-order valence-electron chi connectivity index (χ4n) is 5.80. The molecule has 37 heavy (non-hydrogen) atoms. The number of fused-ring (bicyclic) bond motifs is 1. The van der Waals surface area contributed by atoms with Crippen molar-refractivity contribution in [3.63, 3.8) is 0 Å². The van der Waals surface area contributed by atoms with Gasteiger partial charge in [0.05, 0.1) is 5.56 Å². The van der Waals surface area contributed by atoms with Crippen LogP contribution in [0.1, 0.15) is 37.7 Å². The molecule has 1 atom stereocenters. The van der Waals surface area contributed by atoms with Gasteiger partial charge >= 0.3 is 0 Å². The van der Waals surface area contributed by atoms with Crippen LogP contribution in [0.4, 0.5) is 8.78 Å². The molecule has 0 bridgehead atoms. The summed E-state index contributed by atoms with van der Waals surface area (Å²) in [7, 11) is 0. The second-order valence-corrected chi connectivity index (χ2v) is 11.0. The lowest BCUT2D eigenvalue weighted by molar-refractivity contribution is -0.131. The molecule has 1 saturated heterocycles. The number of hydrogen-bond donors (Lipinski definition) is 0. The number of halogens is 2. The molecular weight excluding hydrogens is 472 g/mol. The van der Waals surface area contributed by atoms with Crippen molar-refractivity contribution in [3.8, 4) is 11.1 Å². The average Bonchev–Trinajstić information content (AvgIpc) is 3.82. The van der Waals surface area contributed by atoms with Crippen LogP contribution >= 0.6 is 0 Å². The Balaban J connectivity index is 1.16. The first-order valence-corrected chi connectivity index (χ1v) is 13.1. The minimum atomic E-state index is -0.738. The molecule has 4 aliphatic rings. The third kappa shape index (κ3) is 3.83. The van der Waals surface area contributed by atoms with E-state index in [4.69, 9.17) is 4.99 Å². The van der Waals surface area contributed by atoms with E-state index in [-0.39, 0.29) is 29.5 Å². The zero-order chi connectivity index (χ0) is 25.3. The lowest BCUT2D eigenvalue weighted by Gasteiger charge is -2.24. The lowest BCUT2D eigenvalue weighted by atomic mass is 9.99. The zero-order valence-electron chi connectivity index (χ0n) is 20.4. The first kappa shape index (κ1) is 22.6. The number of amidine groups is 1. The highest BCUT2D eigenvalue weighted by Crippen LogP contribution is 2.46. The standard InChI is InChI=1S/C30H27F2N3O2/c31-25-3-1-2-19-4-7-21(14-24(19)25)22-8-9-23(26(32)15-22)27-33-30(11-12-30)29(37)35(27)17-18-10-13-34(16-18)28(36)20-5-6-20/h1-4,7-9,14-15,18,20H,5-6,10-13,16-17H2. The van der Waals surface area contributed by atoms with Crippen LogP contribution in [0.25, 0.3) is 21.9 Å². The molecule has 3 aromatic carbocycles. The molecule has 7 rings (SSSR count). The molecule has 1 spiro atoms. The van der Waals surface area contributed by atoms with Crippen molar-refractivity contribution >= 4 is 28.4 Å². The number of carbonyl (C=O) groups is 2. The third-order valence-electron chi connectivity index (χ3n) is 8.28.